The highest BCUT2D eigenvalue weighted by Gasteiger charge is 2.15. The van der Waals surface area contributed by atoms with Gasteiger partial charge in [-0.15, -0.1) is 0 Å². The minimum Gasteiger partial charge on any atom is -0.370 e. The predicted octanol–water partition coefficient (Wildman–Crippen LogP) is 1.37. The number of anilines is 1. The summed E-state index contributed by atoms with van der Waals surface area (Å²) in [5.74, 6) is 1.23. The molecule has 0 saturated carbocycles. The number of hydrogen-bond acceptors (Lipinski definition) is 4. The highest BCUT2D eigenvalue weighted by atomic mass is 15.3. The number of nitrogens with zero attached hydrogens (tertiary/aromatic N) is 4. The van der Waals surface area contributed by atoms with Gasteiger partial charge in [0.2, 0.25) is 5.95 Å². The van der Waals surface area contributed by atoms with Crippen molar-refractivity contribution in [3.63, 3.8) is 0 Å². The molecule has 1 aromatic rings. The molecular formula is C15H24N6. The lowest BCUT2D eigenvalue weighted by molar-refractivity contribution is 0.852. The quantitative estimate of drug-likeness (QED) is 0.486. The molecule has 2 rings (SSSR count). The monoisotopic (exact) mass is 288 g/mol. The van der Waals surface area contributed by atoms with Crippen LogP contribution in [0.15, 0.2) is 23.2 Å². The van der Waals surface area contributed by atoms with Crippen LogP contribution in [0.4, 0.5) is 5.95 Å². The first-order valence-electron chi connectivity index (χ1n) is 7.32. The molecule has 1 fully saturated rings. The molecule has 1 aromatic heterocycles. The van der Waals surface area contributed by atoms with Gasteiger partial charge in [-0.3, -0.25) is 0 Å². The zero-order valence-electron chi connectivity index (χ0n) is 12.9. The third-order valence-electron chi connectivity index (χ3n) is 3.27. The molecule has 6 heteroatoms. The summed E-state index contributed by atoms with van der Waals surface area (Å²) in [6.07, 6.45) is 2.42. The fourth-order valence-electron chi connectivity index (χ4n) is 2.22. The van der Waals surface area contributed by atoms with E-state index in [1.54, 1.807) is 0 Å². The topological polar surface area (TPSA) is 79.4 Å². The van der Waals surface area contributed by atoms with Gasteiger partial charge in [-0.2, -0.15) is 0 Å². The zero-order chi connectivity index (χ0) is 15.2. The van der Waals surface area contributed by atoms with Crippen LogP contribution in [-0.2, 0) is 6.54 Å². The van der Waals surface area contributed by atoms with Crippen molar-refractivity contribution in [1.29, 1.82) is 0 Å². The van der Waals surface area contributed by atoms with Gasteiger partial charge in [-0.25, -0.2) is 15.0 Å². The van der Waals surface area contributed by atoms with Crippen molar-refractivity contribution in [2.75, 3.05) is 24.5 Å². The van der Waals surface area contributed by atoms with E-state index in [1.165, 1.54) is 12.8 Å². The Hall–Kier alpha value is -2.11. The molecule has 0 aromatic carbocycles. The van der Waals surface area contributed by atoms with Crippen molar-refractivity contribution in [3.05, 3.63) is 29.6 Å². The molecule has 0 bridgehead atoms. The van der Waals surface area contributed by atoms with E-state index in [-0.39, 0.29) is 0 Å². The van der Waals surface area contributed by atoms with Gasteiger partial charge in [0.25, 0.3) is 0 Å². The summed E-state index contributed by atoms with van der Waals surface area (Å²) in [5.41, 5.74) is 8.68. The average Bonchev–Trinajstić information content (AvgIpc) is 2.96. The van der Waals surface area contributed by atoms with Crippen molar-refractivity contribution in [2.24, 2.45) is 10.7 Å². The Kier molecular flexibility index (Phi) is 5.14. The Bertz CT molecular complexity index is 531. The van der Waals surface area contributed by atoms with E-state index >= 15 is 0 Å². The van der Waals surface area contributed by atoms with Gasteiger partial charge in [0.05, 0.1) is 12.2 Å². The number of aromatic nitrogens is 2. The van der Waals surface area contributed by atoms with Crippen LogP contribution >= 0.6 is 0 Å². The van der Waals surface area contributed by atoms with E-state index in [1.807, 2.05) is 19.9 Å². The van der Waals surface area contributed by atoms with Gasteiger partial charge >= 0.3 is 0 Å². The number of aliphatic imine (C=N–C) groups is 1. The Labute approximate surface area is 126 Å². The second-order valence-electron chi connectivity index (χ2n) is 5.51. The van der Waals surface area contributed by atoms with Crippen LogP contribution in [0, 0.1) is 6.92 Å². The van der Waals surface area contributed by atoms with Crippen LogP contribution in [0.3, 0.4) is 0 Å². The van der Waals surface area contributed by atoms with Crippen molar-refractivity contribution >= 4 is 11.9 Å². The summed E-state index contributed by atoms with van der Waals surface area (Å²) in [4.78, 5) is 15.6. The first-order valence-corrected chi connectivity index (χ1v) is 7.32. The molecular weight excluding hydrogens is 264 g/mol. The molecule has 0 radical (unpaired) electrons. The molecule has 2 heterocycles. The third kappa shape index (κ3) is 4.73. The summed E-state index contributed by atoms with van der Waals surface area (Å²) < 4.78 is 0. The lowest BCUT2D eigenvalue weighted by atomic mass is 10.3. The molecule has 0 atom stereocenters. The second-order valence-corrected chi connectivity index (χ2v) is 5.51. The fourth-order valence-corrected chi connectivity index (χ4v) is 2.22. The maximum atomic E-state index is 5.81. The van der Waals surface area contributed by atoms with E-state index < -0.39 is 0 Å². The Balaban J connectivity index is 2.02. The molecule has 114 valence electrons. The van der Waals surface area contributed by atoms with Crippen molar-refractivity contribution in [1.82, 2.24) is 15.3 Å². The normalized spacial score (nSPS) is 15.3. The first kappa shape index (κ1) is 15.3. The fraction of sp³-hybridized carbons (Fsp3) is 0.533. The molecule has 21 heavy (non-hydrogen) atoms. The van der Waals surface area contributed by atoms with Crippen LogP contribution < -0.4 is 16.0 Å². The largest absolute Gasteiger partial charge is 0.370 e. The minimum atomic E-state index is 0.414. The summed E-state index contributed by atoms with van der Waals surface area (Å²) in [5, 5.41) is 3.01. The minimum absolute atomic E-state index is 0.414. The summed E-state index contributed by atoms with van der Waals surface area (Å²) in [7, 11) is 0. The average molecular weight is 288 g/mol. The van der Waals surface area contributed by atoms with Gasteiger partial charge in [0.15, 0.2) is 5.96 Å². The molecule has 1 aliphatic rings. The molecule has 0 unspecified atom stereocenters. The predicted molar refractivity (Wildman–Crippen MR) is 86.4 cm³/mol. The number of nitrogens with one attached hydrogen (secondary N) is 1. The van der Waals surface area contributed by atoms with Gasteiger partial charge in [0.1, 0.15) is 0 Å². The maximum absolute atomic E-state index is 5.81. The van der Waals surface area contributed by atoms with Crippen LogP contribution in [0.1, 0.15) is 31.2 Å². The molecule has 6 nitrogen and oxygen atoms in total. The second kappa shape index (κ2) is 7.06. The molecule has 3 N–H and O–H groups in total. The van der Waals surface area contributed by atoms with Crippen molar-refractivity contribution in [2.45, 2.75) is 33.2 Å². The van der Waals surface area contributed by atoms with Crippen LogP contribution in [0.25, 0.3) is 0 Å². The smallest absolute Gasteiger partial charge is 0.225 e. The Morgan fingerprint density at radius 1 is 1.43 bits per heavy atom. The number of guanidine groups is 1. The Morgan fingerprint density at radius 2 is 2.14 bits per heavy atom. The van der Waals surface area contributed by atoms with Crippen molar-refractivity contribution in [3.8, 4) is 0 Å². The molecule has 0 spiro atoms. The van der Waals surface area contributed by atoms with E-state index in [0.717, 1.165) is 36.0 Å². The summed E-state index contributed by atoms with van der Waals surface area (Å²) in [6.45, 7) is 10.9. The molecule has 1 saturated heterocycles. The van der Waals surface area contributed by atoms with Gasteiger partial charge < -0.3 is 16.0 Å². The first-order chi connectivity index (χ1) is 10.0. The number of rotatable bonds is 5. The zero-order valence-corrected chi connectivity index (χ0v) is 12.9. The number of aryl methyl sites for hydroxylation is 1. The number of nitrogens with two attached hydrogens (primary N) is 1. The van der Waals surface area contributed by atoms with Crippen LogP contribution in [0.5, 0.6) is 0 Å². The molecule has 1 aliphatic heterocycles. The van der Waals surface area contributed by atoms with Crippen LogP contribution in [-0.4, -0.2) is 35.6 Å². The molecule has 0 aliphatic carbocycles. The van der Waals surface area contributed by atoms with Crippen LogP contribution in [0.2, 0.25) is 0 Å². The van der Waals surface area contributed by atoms with Gasteiger partial charge in [0, 0.05) is 25.3 Å². The molecule has 0 amide bonds. The SMILES string of the molecule is C=C(C)CNC(N)=NCc1cc(C)nc(N2CCCC2)n1. The Morgan fingerprint density at radius 3 is 2.81 bits per heavy atom. The van der Waals surface area contributed by atoms with Gasteiger partial charge in [-0.1, -0.05) is 12.2 Å². The third-order valence-corrected chi connectivity index (χ3v) is 3.27. The lowest BCUT2D eigenvalue weighted by Gasteiger charge is -2.16. The maximum Gasteiger partial charge on any atom is 0.225 e. The van der Waals surface area contributed by atoms with E-state index in [4.69, 9.17) is 5.73 Å². The van der Waals surface area contributed by atoms with E-state index in [2.05, 4.69) is 31.8 Å². The lowest BCUT2D eigenvalue weighted by Crippen LogP contribution is -2.32. The van der Waals surface area contributed by atoms with Gasteiger partial charge in [-0.05, 0) is 32.8 Å². The summed E-state index contributed by atoms with van der Waals surface area (Å²) >= 11 is 0. The van der Waals surface area contributed by atoms with Crippen molar-refractivity contribution < 1.29 is 0 Å². The standard InChI is InChI=1S/C15H24N6/c1-11(2)9-17-14(16)18-10-13-8-12(3)19-15(20-13)21-6-4-5-7-21/h8H,1,4-7,9-10H2,2-3H3,(H3,16,17,18). The van der Waals surface area contributed by atoms with E-state index in [9.17, 15) is 0 Å². The number of hydrogen-bond donors (Lipinski definition) is 2. The highest BCUT2D eigenvalue weighted by molar-refractivity contribution is 5.78. The highest BCUT2D eigenvalue weighted by Crippen LogP contribution is 2.16. The summed E-state index contributed by atoms with van der Waals surface area (Å²) in [6, 6.07) is 1.95. The van der Waals surface area contributed by atoms with E-state index in [0.29, 0.717) is 19.0 Å².